The van der Waals surface area contributed by atoms with Crippen LogP contribution < -0.4 is 10.1 Å². The molecule has 0 aliphatic heterocycles. The lowest BCUT2D eigenvalue weighted by Crippen LogP contribution is -2.32. The molecular weight excluding hydrogens is 400 g/mol. The summed E-state index contributed by atoms with van der Waals surface area (Å²) in [5, 5.41) is 3.18. The van der Waals surface area contributed by atoms with Gasteiger partial charge in [-0.2, -0.15) is 4.31 Å². The van der Waals surface area contributed by atoms with Gasteiger partial charge in [-0.05, 0) is 42.8 Å². The van der Waals surface area contributed by atoms with Gasteiger partial charge in [-0.3, -0.25) is 4.79 Å². The summed E-state index contributed by atoms with van der Waals surface area (Å²) in [5.41, 5.74) is 0.490. The Kier molecular flexibility index (Phi) is 7.86. The second-order valence-electron chi connectivity index (χ2n) is 6.05. The number of amides is 1. The van der Waals surface area contributed by atoms with E-state index >= 15 is 0 Å². The zero-order chi connectivity index (χ0) is 20.7. The number of hydrogen-bond acceptors (Lipinski definition) is 4. The number of halogens is 1. The van der Waals surface area contributed by atoms with E-state index in [4.69, 9.17) is 16.3 Å². The molecule has 0 saturated carbocycles. The molecule has 1 N–H and O–H groups in total. The molecule has 0 spiro atoms. The fourth-order valence-electron chi connectivity index (χ4n) is 2.66. The van der Waals surface area contributed by atoms with E-state index in [0.29, 0.717) is 36.0 Å². The van der Waals surface area contributed by atoms with E-state index < -0.39 is 16.1 Å². The first-order valence-corrected chi connectivity index (χ1v) is 11.0. The van der Waals surface area contributed by atoms with Crippen LogP contribution in [-0.2, 0) is 14.8 Å². The van der Waals surface area contributed by atoms with E-state index in [1.807, 2.05) is 6.92 Å². The summed E-state index contributed by atoms with van der Waals surface area (Å²) in [6, 6.07) is 13.1. The first-order valence-electron chi connectivity index (χ1n) is 9.15. The molecule has 0 bridgehead atoms. The van der Waals surface area contributed by atoms with Crippen LogP contribution in [-0.4, -0.2) is 37.8 Å². The van der Waals surface area contributed by atoms with Crippen molar-refractivity contribution < 1.29 is 17.9 Å². The standard InChI is InChI=1S/C20H25ClN2O4S/c1-4-18(27-19-10-8-7-9-17(19)21)20(24)22-15-11-13-16(14-12-15)28(25,26)23(5-2)6-3/h7-14,18H,4-6H2,1-3H3,(H,22,24). The Labute approximate surface area is 171 Å². The molecule has 0 heterocycles. The molecule has 0 radical (unpaired) electrons. The number of benzene rings is 2. The summed E-state index contributed by atoms with van der Waals surface area (Å²) in [6.07, 6.45) is -0.273. The lowest BCUT2D eigenvalue weighted by Gasteiger charge is -2.19. The summed E-state index contributed by atoms with van der Waals surface area (Å²) >= 11 is 6.08. The van der Waals surface area contributed by atoms with Gasteiger partial charge in [-0.15, -0.1) is 0 Å². The maximum Gasteiger partial charge on any atom is 0.265 e. The van der Waals surface area contributed by atoms with Crippen molar-refractivity contribution in [3.05, 3.63) is 53.6 Å². The maximum atomic E-state index is 12.5. The monoisotopic (exact) mass is 424 g/mol. The fraction of sp³-hybridized carbons (Fsp3) is 0.350. The molecule has 1 unspecified atom stereocenters. The van der Waals surface area contributed by atoms with Gasteiger partial charge in [0.15, 0.2) is 6.10 Å². The molecule has 1 atom stereocenters. The molecule has 2 aromatic rings. The first kappa shape index (κ1) is 22.2. The molecule has 152 valence electrons. The van der Waals surface area contributed by atoms with Crippen LogP contribution in [0.15, 0.2) is 53.4 Å². The van der Waals surface area contributed by atoms with Gasteiger partial charge in [-0.1, -0.05) is 44.5 Å². The Hall–Kier alpha value is -2.09. The Morgan fingerprint density at radius 3 is 2.21 bits per heavy atom. The van der Waals surface area contributed by atoms with Crippen LogP contribution in [0, 0.1) is 0 Å². The highest BCUT2D eigenvalue weighted by Gasteiger charge is 2.22. The molecule has 8 heteroatoms. The highest BCUT2D eigenvalue weighted by atomic mass is 35.5. The molecule has 28 heavy (non-hydrogen) atoms. The minimum absolute atomic E-state index is 0.188. The molecule has 0 aromatic heterocycles. The van der Waals surface area contributed by atoms with E-state index in [0.717, 1.165) is 0 Å². The number of sulfonamides is 1. The Morgan fingerprint density at radius 2 is 1.68 bits per heavy atom. The van der Waals surface area contributed by atoms with Gasteiger partial charge in [0.05, 0.1) is 9.92 Å². The minimum atomic E-state index is -3.53. The molecule has 6 nitrogen and oxygen atoms in total. The topological polar surface area (TPSA) is 75.7 Å². The van der Waals surface area contributed by atoms with E-state index in [1.54, 1.807) is 50.2 Å². The van der Waals surface area contributed by atoms with Gasteiger partial charge < -0.3 is 10.1 Å². The second-order valence-corrected chi connectivity index (χ2v) is 8.39. The predicted molar refractivity (Wildman–Crippen MR) is 111 cm³/mol. The number of nitrogens with one attached hydrogen (secondary N) is 1. The third-order valence-electron chi connectivity index (χ3n) is 4.23. The van der Waals surface area contributed by atoms with Crippen molar-refractivity contribution in [2.45, 2.75) is 38.2 Å². The highest BCUT2D eigenvalue weighted by molar-refractivity contribution is 7.89. The fourth-order valence-corrected chi connectivity index (χ4v) is 4.30. The van der Waals surface area contributed by atoms with Gasteiger partial charge in [0, 0.05) is 18.8 Å². The van der Waals surface area contributed by atoms with Gasteiger partial charge in [0.2, 0.25) is 10.0 Å². The SMILES string of the molecule is CCC(Oc1ccccc1Cl)C(=O)Nc1ccc(S(=O)(=O)N(CC)CC)cc1. The first-order chi connectivity index (χ1) is 13.3. The number of hydrogen-bond donors (Lipinski definition) is 1. The zero-order valence-corrected chi connectivity index (χ0v) is 17.8. The van der Waals surface area contributed by atoms with Crippen LogP contribution in [0.3, 0.4) is 0 Å². The molecule has 0 aliphatic rings. The summed E-state index contributed by atoms with van der Waals surface area (Å²) in [6.45, 7) is 6.21. The van der Waals surface area contributed by atoms with Gasteiger partial charge >= 0.3 is 0 Å². The molecule has 0 aliphatic carbocycles. The van der Waals surface area contributed by atoms with Crippen LogP contribution in [0.4, 0.5) is 5.69 Å². The van der Waals surface area contributed by atoms with Crippen molar-refractivity contribution in [1.82, 2.24) is 4.31 Å². The summed E-state index contributed by atoms with van der Waals surface area (Å²) in [5.74, 6) is 0.105. The zero-order valence-electron chi connectivity index (χ0n) is 16.2. The Balaban J connectivity index is 2.10. The van der Waals surface area contributed by atoms with Crippen molar-refractivity contribution in [3.63, 3.8) is 0 Å². The van der Waals surface area contributed by atoms with Crippen LogP contribution in [0.25, 0.3) is 0 Å². The van der Waals surface area contributed by atoms with Crippen LogP contribution in [0.2, 0.25) is 5.02 Å². The quantitative estimate of drug-likeness (QED) is 0.655. The molecule has 2 aromatic carbocycles. The molecule has 2 rings (SSSR count). The molecular formula is C20H25ClN2O4S. The third kappa shape index (κ3) is 5.25. The number of ether oxygens (including phenoxy) is 1. The lowest BCUT2D eigenvalue weighted by atomic mass is 10.2. The van der Waals surface area contributed by atoms with E-state index in [-0.39, 0.29) is 10.8 Å². The molecule has 0 saturated heterocycles. The summed E-state index contributed by atoms with van der Waals surface area (Å²) in [7, 11) is -3.53. The number of para-hydroxylation sites is 1. The van der Waals surface area contributed by atoms with Gasteiger partial charge in [0.1, 0.15) is 5.75 Å². The van der Waals surface area contributed by atoms with E-state index in [1.165, 1.54) is 16.4 Å². The van der Waals surface area contributed by atoms with E-state index in [2.05, 4.69) is 5.32 Å². The minimum Gasteiger partial charge on any atom is -0.479 e. The number of nitrogens with zero attached hydrogens (tertiary/aromatic N) is 1. The van der Waals surface area contributed by atoms with Crippen molar-refractivity contribution in [3.8, 4) is 5.75 Å². The molecule has 1 amide bonds. The summed E-state index contributed by atoms with van der Waals surface area (Å²) < 4.78 is 32.1. The van der Waals surface area contributed by atoms with Gasteiger partial charge in [0.25, 0.3) is 5.91 Å². The van der Waals surface area contributed by atoms with Crippen molar-refractivity contribution in [1.29, 1.82) is 0 Å². The number of rotatable bonds is 9. The lowest BCUT2D eigenvalue weighted by molar-refractivity contribution is -0.122. The highest BCUT2D eigenvalue weighted by Crippen LogP contribution is 2.25. The number of carbonyl (C=O) groups is 1. The van der Waals surface area contributed by atoms with Crippen molar-refractivity contribution in [2.75, 3.05) is 18.4 Å². The summed E-state index contributed by atoms with van der Waals surface area (Å²) in [4.78, 5) is 12.7. The predicted octanol–water partition coefficient (Wildman–Crippen LogP) is 4.17. The van der Waals surface area contributed by atoms with Crippen molar-refractivity contribution >= 4 is 33.2 Å². The average molecular weight is 425 g/mol. The number of carbonyl (C=O) groups excluding carboxylic acids is 1. The normalized spacial score (nSPS) is 12.6. The Morgan fingerprint density at radius 1 is 1.07 bits per heavy atom. The van der Waals surface area contributed by atoms with Crippen LogP contribution in [0.5, 0.6) is 5.75 Å². The maximum absolute atomic E-state index is 12.5. The smallest absolute Gasteiger partial charge is 0.265 e. The van der Waals surface area contributed by atoms with Crippen molar-refractivity contribution in [2.24, 2.45) is 0 Å². The largest absolute Gasteiger partial charge is 0.479 e. The van der Waals surface area contributed by atoms with Crippen LogP contribution >= 0.6 is 11.6 Å². The number of anilines is 1. The van der Waals surface area contributed by atoms with Crippen LogP contribution in [0.1, 0.15) is 27.2 Å². The average Bonchev–Trinajstić information content (AvgIpc) is 2.68. The Bertz CT molecular complexity index is 897. The second kappa shape index (κ2) is 9.91. The molecule has 0 fully saturated rings. The van der Waals surface area contributed by atoms with Gasteiger partial charge in [-0.25, -0.2) is 8.42 Å². The third-order valence-corrected chi connectivity index (χ3v) is 6.61. The van der Waals surface area contributed by atoms with E-state index in [9.17, 15) is 13.2 Å².